The van der Waals surface area contributed by atoms with E-state index in [0.717, 1.165) is 16.5 Å². The Morgan fingerprint density at radius 1 is 1.30 bits per heavy atom. The number of nitrogen functional groups attached to an aromatic ring is 1. The van der Waals surface area contributed by atoms with Crippen LogP contribution < -0.4 is 11.5 Å². The Kier molecular flexibility index (Phi) is 3.25. The lowest BCUT2D eigenvalue weighted by atomic mass is 9.91. The van der Waals surface area contributed by atoms with E-state index in [2.05, 4.69) is 5.10 Å². The number of hydrogen-bond donors (Lipinski definition) is 3. The zero-order valence-electron chi connectivity index (χ0n) is 13.2. The number of rotatable bonds is 2. The van der Waals surface area contributed by atoms with Crippen LogP contribution in [0.5, 0.6) is 5.75 Å². The van der Waals surface area contributed by atoms with Gasteiger partial charge in [-0.25, -0.2) is 0 Å². The van der Waals surface area contributed by atoms with Crippen LogP contribution in [0, 0.1) is 13.8 Å². The quantitative estimate of drug-likeness (QED) is 0.631. The molecule has 6 heteroatoms. The van der Waals surface area contributed by atoms with Gasteiger partial charge in [-0.2, -0.15) is 5.10 Å². The van der Waals surface area contributed by atoms with Crippen molar-refractivity contribution in [3.8, 4) is 16.9 Å². The summed E-state index contributed by atoms with van der Waals surface area (Å²) in [7, 11) is 1.73. The number of fused-ring (bicyclic) bond motifs is 1. The monoisotopic (exact) mass is 310 g/mol. The zero-order valence-corrected chi connectivity index (χ0v) is 13.2. The fourth-order valence-electron chi connectivity index (χ4n) is 3.07. The van der Waals surface area contributed by atoms with Gasteiger partial charge in [-0.05, 0) is 42.7 Å². The highest BCUT2D eigenvalue weighted by Gasteiger charge is 2.21. The van der Waals surface area contributed by atoms with Crippen LogP contribution in [0.2, 0.25) is 0 Å². The van der Waals surface area contributed by atoms with Gasteiger partial charge in [0.15, 0.2) is 0 Å². The molecule has 2 aromatic carbocycles. The number of amides is 1. The number of phenolic OH excluding ortho intramolecular Hbond substituents is 1. The van der Waals surface area contributed by atoms with Crippen LogP contribution in [0.15, 0.2) is 24.4 Å². The molecule has 3 rings (SSSR count). The SMILES string of the molecule is Cc1ccc(O)c(C)c1-c1cc2cnn(C)c2c(C(N)=O)c1N. The molecule has 23 heavy (non-hydrogen) atoms. The maximum atomic E-state index is 12.0. The van der Waals surface area contributed by atoms with Crippen molar-refractivity contribution in [2.75, 3.05) is 5.73 Å². The molecule has 0 aliphatic rings. The number of primary amides is 1. The van der Waals surface area contributed by atoms with Gasteiger partial charge in [-0.15, -0.1) is 0 Å². The Labute approximate surface area is 133 Å². The third kappa shape index (κ3) is 2.11. The molecule has 1 heterocycles. The Balaban J connectivity index is 2.48. The molecule has 1 aromatic heterocycles. The Morgan fingerprint density at radius 2 is 2.00 bits per heavy atom. The number of phenols is 1. The van der Waals surface area contributed by atoms with Crippen LogP contribution in [0.25, 0.3) is 22.0 Å². The van der Waals surface area contributed by atoms with E-state index in [-0.39, 0.29) is 11.3 Å². The van der Waals surface area contributed by atoms with Crippen molar-refractivity contribution in [3.05, 3.63) is 41.1 Å². The molecular formula is C17H18N4O2. The average Bonchev–Trinajstić information content (AvgIpc) is 2.84. The predicted octanol–water partition coefficient (Wildman–Crippen LogP) is 2.24. The van der Waals surface area contributed by atoms with Gasteiger partial charge in [-0.1, -0.05) is 6.07 Å². The van der Waals surface area contributed by atoms with E-state index < -0.39 is 5.91 Å². The summed E-state index contributed by atoms with van der Waals surface area (Å²) in [6.07, 6.45) is 1.66. The van der Waals surface area contributed by atoms with Crippen LogP contribution in [0.1, 0.15) is 21.5 Å². The number of aromatic hydroxyl groups is 1. The Hall–Kier alpha value is -3.02. The molecule has 0 aliphatic heterocycles. The number of aromatic nitrogens is 2. The molecule has 0 bridgehead atoms. The van der Waals surface area contributed by atoms with Crippen LogP contribution >= 0.6 is 0 Å². The maximum absolute atomic E-state index is 12.0. The van der Waals surface area contributed by atoms with Gasteiger partial charge >= 0.3 is 0 Å². The van der Waals surface area contributed by atoms with E-state index in [1.54, 1.807) is 24.0 Å². The molecule has 0 atom stereocenters. The Morgan fingerprint density at radius 3 is 2.65 bits per heavy atom. The summed E-state index contributed by atoms with van der Waals surface area (Å²) >= 11 is 0. The summed E-state index contributed by atoms with van der Waals surface area (Å²) in [6, 6.07) is 5.33. The van der Waals surface area contributed by atoms with Crippen LogP contribution in [-0.2, 0) is 7.05 Å². The lowest BCUT2D eigenvalue weighted by molar-refractivity contribution is 0.100. The first-order chi connectivity index (χ1) is 10.8. The molecule has 0 spiro atoms. The molecule has 5 N–H and O–H groups in total. The number of nitrogens with zero attached hydrogens (tertiary/aromatic N) is 2. The van der Waals surface area contributed by atoms with E-state index in [9.17, 15) is 9.90 Å². The predicted molar refractivity (Wildman–Crippen MR) is 90.2 cm³/mol. The van der Waals surface area contributed by atoms with Crippen molar-refractivity contribution in [2.24, 2.45) is 12.8 Å². The molecule has 6 nitrogen and oxygen atoms in total. The standard InChI is InChI=1S/C17H18N4O2/c1-8-4-5-12(22)9(2)13(8)11-6-10-7-20-21(3)16(10)14(15(11)18)17(19)23/h4-7,22H,18H2,1-3H3,(H2,19,23). The summed E-state index contributed by atoms with van der Waals surface area (Å²) in [4.78, 5) is 12.0. The first-order valence-electron chi connectivity index (χ1n) is 7.16. The fourth-order valence-corrected chi connectivity index (χ4v) is 3.07. The molecular weight excluding hydrogens is 292 g/mol. The minimum Gasteiger partial charge on any atom is -0.508 e. The first kappa shape index (κ1) is 14.9. The second-order valence-electron chi connectivity index (χ2n) is 5.68. The van der Waals surface area contributed by atoms with E-state index in [0.29, 0.717) is 22.3 Å². The summed E-state index contributed by atoms with van der Waals surface area (Å²) in [6.45, 7) is 3.74. The number of aryl methyl sites for hydroxylation is 2. The molecule has 0 fully saturated rings. The summed E-state index contributed by atoms with van der Waals surface area (Å²) in [5, 5.41) is 15.0. The lowest BCUT2D eigenvalue weighted by Crippen LogP contribution is -2.16. The summed E-state index contributed by atoms with van der Waals surface area (Å²) in [5.41, 5.74) is 16.1. The van der Waals surface area contributed by atoms with Crippen molar-refractivity contribution in [2.45, 2.75) is 13.8 Å². The summed E-state index contributed by atoms with van der Waals surface area (Å²) < 4.78 is 1.58. The minimum atomic E-state index is -0.603. The normalized spacial score (nSPS) is 11.1. The van der Waals surface area contributed by atoms with Crippen molar-refractivity contribution < 1.29 is 9.90 Å². The molecule has 1 amide bonds. The van der Waals surface area contributed by atoms with Gasteiger partial charge in [0.25, 0.3) is 5.91 Å². The van der Waals surface area contributed by atoms with E-state index in [4.69, 9.17) is 11.5 Å². The molecule has 118 valence electrons. The largest absolute Gasteiger partial charge is 0.508 e. The highest BCUT2D eigenvalue weighted by molar-refractivity contribution is 6.13. The van der Waals surface area contributed by atoms with Crippen LogP contribution in [-0.4, -0.2) is 20.8 Å². The number of benzene rings is 2. The Bertz CT molecular complexity index is 957. The smallest absolute Gasteiger partial charge is 0.253 e. The van der Waals surface area contributed by atoms with Gasteiger partial charge in [0.1, 0.15) is 5.75 Å². The van der Waals surface area contributed by atoms with Crippen molar-refractivity contribution in [3.63, 3.8) is 0 Å². The van der Waals surface area contributed by atoms with Gasteiger partial charge in [-0.3, -0.25) is 9.48 Å². The van der Waals surface area contributed by atoms with Crippen molar-refractivity contribution in [1.29, 1.82) is 0 Å². The van der Waals surface area contributed by atoms with Crippen LogP contribution in [0.3, 0.4) is 0 Å². The third-order valence-corrected chi connectivity index (χ3v) is 4.22. The van der Waals surface area contributed by atoms with Crippen molar-refractivity contribution >= 4 is 22.5 Å². The van der Waals surface area contributed by atoms with E-state index >= 15 is 0 Å². The molecule has 0 saturated carbocycles. The highest BCUT2D eigenvalue weighted by atomic mass is 16.3. The van der Waals surface area contributed by atoms with Gasteiger partial charge < -0.3 is 16.6 Å². The minimum absolute atomic E-state index is 0.178. The van der Waals surface area contributed by atoms with Gasteiger partial charge in [0, 0.05) is 18.0 Å². The topological polar surface area (TPSA) is 107 Å². The van der Waals surface area contributed by atoms with Gasteiger partial charge in [0.05, 0.1) is 23.0 Å². The van der Waals surface area contributed by atoms with Crippen molar-refractivity contribution in [1.82, 2.24) is 9.78 Å². The van der Waals surface area contributed by atoms with E-state index in [1.165, 1.54) is 0 Å². The maximum Gasteiger partial charge on any atom is 0.253 e. The molecule has 0 unspecified atom stereocenters. The highest BCUT2D eigenvalue weighted by Crippen LogP contribution is 2.39. The van der Waals surface area contributed by atoms with Gasteiger partial charge in [0.2, 0.25) is 0 Å². The number of nitrogens with two attached hydrogens (primary N) is 2. The first-order valence-corrected chi connectivity index (χ1v) is 7.16. The second-order valence-corrected chi connectivity index (χ2v) is 5.68. The van der Waals surface area contributed by atoms with Crippen LogP contribution in [0.4, 0.5) is 5.69 Å². The van der Waals surface area contributed by atoms with E-state index in [1.807, 2.05) is 26.0 Å². The summed E-state index contributed by atoms with van der Waals surface area (Å²) in [5.74, 6) is -0.426. The number of carbonyl (C=O) groups is 1. The number of anilines is 1. The second kappa shape index (κ2) is 5.01. The zero-order chi connectivity index (χ0) is 16.9. The molecule has 0 aliphatic carbocycles. The molecule has 0 saturated heterocycles. The third-order valence-electron chi connectivity index (χ3n) is 4.22. The number of carbonyl (C=O) groups excluding carboxylic acids is 1. The average molecular weight is 310 g/mol. The fraction of sp³-hybridized carbons (Fsp3) is 0.176. The molecule has 0 radical (unpaired) electrons. The molecule has 3 aromatic rings. The lowest BCUT2D eigenvalue weighted by Gasteiger charge is -2.16. The number of hydrogen-bond acceptors (Lipinski definition) is 4.